The molecule has 8 heteroatoms. The number of nitrogens with one attached hydrogen (secondary N) is 1. The van der Waals surface area contributed by atoms with Crippen LogP contribution in [-0.2, 0) is 10.0 Å². The number of carbonyl (C=O) groups is 1. The SMILES string of the molecule is Cc1c(S(=O)(=O)Nc2ccc(C(=O)CS)cc2)sc2ccc(Cl)cc12. The lowest BCUT2D eigenvalue weighted by atomic mass is 10.1. The molecule has 1 aromatic heterocycles. The fourth-order valence-corrected chi connectivity index (χ4v) is 5.60. The van der Waals surface area contributed by atoms with Gasteiger partial charge in [0.1, 0.15) is 4.21 Å². The Morgan fingerprint density at radius 2 is 1.88 bits per heavy atom. The first kappa shape index (κ1) is 18.3. The summed E-state index contributed by atoms with van der Waals surface area (Å²) in [5.74, 6) is -0.0100. The van der Waals surface area contributed by atoms with Crippen molar-refractivity contribution in [3.8, 4) is 0 Å². The number of fused-ring (bicyclic) bond motifs is 1. The standard InChI is InChI=1S/C17H14ClNO3S3/c1-10-14-8-12(18)4-7-16(14)24-17(10)25(21,22)19-13-5-2-11(3-6-13)15(20)9-23/h2-8,19,23H,9H2,1H3. The summed E-state index contributed by atoms with van der Waals surface area (Å²) >= 11 is 11.1. The number of rotatable bonds is 5. The Labute approximate surface area is 160 Å². The molecule has 4 nitrogen and oxygen atoms in total. The summed E-state index contributed by atoms with van der Waals surface area (Å²) in [4.78, 5) is 11.6. The fraction of sp³-hybridized carbons (Fsp3) is 0.118. The molecule has 0 amide bonds. The van der Waals surface area contributed by atoms with Crippen molar-refractivity contribution in [2.75, 3.05) is 10.5 Å². The Morgan fingerprint density at radius 1 is 1.20 bits per heavy atom. The molecule has 0 aliphatic rings. The van der Waals surface area contributed by atoms with Crippen LogP contribution in [0.3, 0.4) is 0 Å². The molecule has 2 aromatic carbocycles. The van der Waals surface area contributed by atoms with Crippen LogP contribution in [0.4, 0.5) is 5.69 Å². The van der Waals surface area contributed by atoms with Crippen LogP contribution in [-0.4, -0.2) is 20.0 Å². The Bertz CT molecular complexity index is 1060. The van der Waals surface area contributed by atoms with Gasteiger partial charge in [-0.3, -0.25) is 9.52 Å². The zero-order valence-corrected chi connectivity index (χ0v) is 16.4. The van der Waals surface area contributed by atoms with Crippen molar-refractivity contribution in [2.45, 2.75) is 11.1 Å². The Kier molecular flexibility index (Phi) is 5.11. The normalized spacial score (nSPS) is 11.6. The lowest BCUT2D eigenvalue weighted by Gasteiger charge is -2.08. The summed E-state index contributed by atoms with van der Waals surface area (Å²) in [6, 6.07) is 11.6. The van der Waals surface area contributed by atoms with E-state index in [9.17, 15) is 13.2 Å². The zero-order valence-electron chi connectivity index (χ0n) is 13.1. The van der Waals surface area contributed by atoms with Gasteiger partial charge < -0.3 is 0 Å². The van der Waals surface area contributed by atoms with Crippen molar-refractivity contribution < 1.29 is 13.2 Å². The number of thiol groups is 1. The van der Waals surface area contributed by atoms with Crippen LogP contribution in [0.2, 0.25) is 5.02 Å². The second-order valence-corrected chi connectivity index (χ2v) is 9.10. The van der Waals surface area contributed by atoms with Crippen molar-refractivity contribution in [2.24, 2.45) is 0 Å². The van der Waals surface area contributed by atoms with E-state index in [2.05, 4.69) is 17.4 Å². The number of thiophene rings is 1. The first-order valence-corrected chi connectivity index (χ1v) is 10.6. The highest BCUT2D eigenvalue weighted by Crippen LogP contribution is 2.36. The minimum Gasteiger partial charge on any atom is -0.293 e. The zero-order chi connectivity index (χ0) is 18.2. The molecule has 1 heterocycles. The van der Waals surface area contributed by atoms with Gasteiger partial charge in [-0.2, -0.15) is 12.6 Å². The molecule has 3 aromatic rings. The summed E-state index contributed by atoms with van der Waals surface area (Å²) in [6.07, 6.45) is 0. The van der Waals surface area contributed by atoms with Gasteiger partial charge in [0, 0.05) is 21.0 Å². The van der Waals surface area contributed by atoms with Crippen LogP contribution in [0, 0.1) is 6.92 Å². The first-order chi connectivity index (χ1) is 11.8. The number of Topliss-reactive ketones (excluding diaryl/α,β-unsaturated/α-hetero) is 1. The van der Waals surface area contributed by atoms with Crippen molar-refractivity contribution in [1.82, 2.24) is 0 Å². The summed E-state index contributed by atoms with van der Waals surface area (Å²) in [5.41, 5.74) is 1.55. The van der Waals surface area contributed by atoms with Crippen LogP contribution in [0.15, 0.2) is 46.7 Å². The van der Waals surface area contributed by atoms with Crippen LogP contribution in [0.1, 0.15) is 15.9 Å². The van der Waals surface area contributed by atoms with Gasteiger partial charge in [-0.15, -0.1) is 11.3 Å². The van der Waals surface area contributed by atoms with E-state index in [1.165, 1.54) is 11.3 Å². The lowest BCUT2D eigenvalue weighted by Crippen LogP contribution is -2.12. The van der Waals surface area contributed by atoms with E-state index >= 15 is 0 Å². The lowest BCUT2D eigenvalue weighted by molar-refractivity contribution is 0.102. The largest absolute Gasteiger partial charge is 0.293 e. The second-order valence-electron chi connectivity index (χ2n) is 5.42. The summed E-state index contributed by atoms with van der Waals surface area (Å²) in [5, 5.41) is 1.39. The summed E-state index contributed by atoms with van der Waals surface area (Å²) < 4.78 is 29.1. The quantitative estimate of drug-likeness (QED) is 0.469. The van der Waals surface area contributed by atoms with Gasteiger partial charge in [0.15, 0.2) is 5.78 Å². The molecule has 0 spiro atoms. The van der Waals surface area contributed by atoms with Crippen LogP contribution >= 0.6 is 35.6 Å². The number of hydrogen-bond acceptors (Lipinski definition) is 5. The van der Waals surface area contributed by atoms with Crippen molar-refractivity contribution in [3.63, 3.8) is 0 Å². The van der Waals surface area contributed by atoms with E-state index in [0.717, 1.165) is 10.1 Å². The molecule has 0 fully saturated rings. The van der Waals surface area contributed by atoms with Gasteiger partial charge in [-0.1, -0.05) is 11.6 Å². The molecule has 0 unspecified atom stereocenters. The molecule has 1 N–H and O–H groups in total. The van der Waals surface area contributed by atoms with E-state index < -0.39 is 10.0 Å². The highest BCUT2D eigenvalue weighted by atomic mass is 35.5. The number of benzene rings is 2. The average Bonchev–Trinajstić information content (AvgIpc) is 2.92. The van der Waals surface area contributed by atoms with Gasteiger partial charge in [-0.25, -0.2) is 8.42 Å². The monoisotopic (exact) mass is 411 g/mol. The molecule has 0 bridgehead atoms. The molecule has 0 aliphatic heterocycles. The molecule has 0 aliphatic carbocycles. The molecule has 0 saturated heterocycles. The van der Waals surface area contributed by atoms with Crippen LogP contribution in [0.5, 0.6) is 0 Å². The first-order valence-electron chi connectivity index (χ1n) is 7.27. The second kappa shape index (κ2) is 6.99. The molecule has 3 rings (SSSR count). The van der Waals surface area contributed by atoms with Gasteiger partial charge in [0.2, 0.25) is 0 Å². The van der Waals surface area contributed by atoms with E-state index in [1.54, 1.807) is 43.3 Å². The predicted octanol–water partition coefficient (Wildman–Crippen LogP) is 4.78. The third-order valence-corrected chi connectivity index (χ3v) is 7.50. The molecular weight excluding hydrogens is 398 g/mol. The number of carbonyl (C=O) groups excluding carboxylic acids is 1. The van der Waals surface area contributed by atoms with Crippen molar-refractivity contribution >= 4 is 67.1 Å². The van der Waals surface area contributed by atoms with Gasteiger partial charge >= 0.3 is 0 Å². The third-order valence-electron chi connectivity index (χ3n) is 3.70. The number of aryl methyl sites for hydroxylation is 1. The van der Waals surface area contributed by atoms with Crippen LogP contribution < -0.4 is 4.72 Å². The molecule has 0 radical (unpaired) electrons. The number of sulfonamides is 1. The predicted molar refractivity (Wildman–Crippen MR) is 107 cm³/mol. The highest BCUT2D eigenvalue weighted by molar-refractivity contribution is 7.94. The molecule has 25 heavy (non-hydrogen) atoms. The number of ketones is 1. The maximum atomic E-state index is 12.7. The maximum Gasteiger partial charge on any atom is 0.271 e. The van der Waals surface area contributed by atoms with Crippen molar-refractivity contribution in [1.29, 1.82) is 0 Å². The Balaban J connectivity index is 1.94. The van der Waals surface area contributed by atoms with Gasteiger partial charge in [0.25, 0.3) is 10.0 Å². The van der Waals surface area contributed by atoms with E-state index in [0.29, 0.717) is 21.8 Å². The van der Waals surface area contributed by atoms with Crippen LogP contribution in [0.25, 0.3) is 10.1 Å². The van der Waals surface area contributed by atoms with E-state index in [4.69, 9.17) is 11.6 Å². The maximum absolute atomic E-state index is 12.7. The molecule has 130 valence electrons. The average molecular weight is 412 g/mol. The van der Waals surface area contributed by atoms with Gasteiger partial charge in [0.05, 0.1) is 5.75 Å². The minimum atomic E-state index is -3.73. The summed E-state index contributed by atoms with van der Waals surface area (Å²) in [6.45, 7) is 1.76. The van der Waals surface area contributed by atoms with Crippen molar-refractivity contribution in [3.05, 3.63) is 58.6 Å². The molecule has 0 saturated carbocycles. The fourth-order valence-electron chi connectivity index (χ4n) is 2.44. The van der Waals surface area contributed by atoms with E-state index in [-0.39, 0.29) is 15.7 Å². The number of halogens is 1. The Morgan fingerprint density at radius 3 is 2.52 bits per heavy atom. The number of hydrogen-bond donors (Lipinski definition) is 2. The third kappa shape index (κ3) is 3.69. The number of anilines is 1. The smallest absolute Gasteiger partial charge is 0.271 e. The minimum absolute atomic E-state index is 0.106. The molecular formula is C17H14ClNO3S3. The molecule has 0 atom stereocenters. The Hall–Kier alpha value is -1.54. The van der Waals surface area contributed by atoms with E-state index in [1.807, 2.05) is 6.07 Å². The van der Waals surface area contributed by atoms with Gasteiger partial charge in [-0.05, 0) is 60.3 Å². The summed E-state index contributed by atoms with van der Waals surface area (Å²) in [7, 11) is -3.73. The highest BCUT2D eigenvalue weighted by Gasteiger charge is 2.22. The topological polar surface area (TPSA) is 63.2 Å².